The Kier molecular flexibility index (Phi) is 3.53. The zero-order chi connectivity index (χ0) is 10.8. The second kappa shape index (κ2) is 4.30. The van der Waals surface area contributed by atoms with Crippen LogP contribution in [-0.2, 0) is 4.79 Å². The fourth-order valence-electron chi connectivity index (χ4n) is 2.43. The SMILES string of the molecule is CC1CCC(CC(=O)O)(C(C)N)CC1. The van der Waals surface area contributed by atoms with Crippen LogP contribution >= 0.6 is 0 Å². The molecule has 3 heteroatoms. The van der Waals surface area contributed by atoms with Crippen LogP contribution in [0.2, 0.25) is 0 Å². The highest BCUT2D eigenvalue weighted by atomic mass is 16.4. The van der Waals surface area contributed by atoms with E-state index in [4.69, 9.17) is 10.8 Å². The van der Waals surface area contributed by atoms with E-state index in [1.54, 1.807) is 0 Å². The van der Waals surface area contributed by atoms with Gasteiger partial charge in [-0.3, -0.25) is 4.79 Å². The topological polar surface area (TPSA) is 63.3 Å². The number of rotatable bonds is 3. The third-order valence-electron chi connectivity index (χ3n) is 3.74. The first kappa shape index (κ1) is 11.5. The lowest BCUT2D eigenvalue weighted by molar-refractivity contribution is -0.141. The van der Waals surface area contributed by atoms with Crippen LogP contribution in [0.5, 0.6) is 0 Å². The zero-order valence-electron chi connectivity index (χ0n) is 9.12. The van der Waals surface area contributed by atoms with E-state index in [-0.39, 0.29) is 17.9 Å². The van der Waals surface area contributed by atoms with E-state index in [1.807, 2.05) is 6.92 Å². The normalized spacial score (nSPS) is 35.2. The molecule has 1 aliphatic carbocycles. The molecule has 0 amide bonds. The highest BCUT2D eigenvalue weighted by Crippen LogP contribution is 2.43. The van der Waals surface area contributed by atoms with Gasteiger partial charge in [0.05, 0.1) is 6.42 Å². The van der Waals surface area contributed by atoms with E-state index in [1.165, 1.54) is 0 Å². The van der Waals surface area contributed by atoms with Crippen molar-refractivity contribution in [2.45, 2.75) is 52.0 Å². The van der Waals surface area contributed by atoms with E-state index in [0.717, 1.165) is 31.6 Å². The summed E-state index contributed by atoms with van der Waals surface area (Å²) >= 11 is 0. The summed E-state index contributed by atoms with van der Waals surface area (Å²) in [6, 6.07) is -0.00824. The molecule has 1 rings (SSSR count). The van der Waals surface area contributed by atoms with Gasteiger partial charge < -0.3 is 10.8 Å². The lowest BCUT2D eigenvalue weighted by atomic mass is 9.65. The van der Waals surface area contributed by atoms with Crippen molar-refractivity contribution in [2.24, 2.45) is 17.1 Å². The zero-order valence-corrected chi connectivity index (χ0v) is 9.12. The second-order valence-corrected chi connectivity index (χ2v) is 4.90. The molecule has 0 aliphatic heterocycles. The molecule has 3 nitrogen and oxygen atoms in total. The number of hydrogen-bond donors (Lipinski definition) is 2. The average Bonchev–Trinajstić information content (AvgIpc) is 2.08. The highest BCUT2D eigenvalue weighted by molar-refractivity contribution is 5.67. The molecule has 3 N–H and O–H groups in total. The largest absolute Gasteiger partial charge is 0.481 e. The minimum absolute atomic E-state index is 0.00824. The number of nitrogens with two attached hydrogens (primary N) is 1. The van der Waals surface area contributed by atoms with Crippen LogP contribution in [0.4, 0.5) is 0 Å². The maximum Gasteiger partial charge on any atom is 0.303 e. The molecule has 1 fully saturated rings. The Bertz CT molecular complexity index is 205. The lowest BCUT2D eigenvalue weighted by Crippen LogP contribution is -2.43. The standard InChI is InChI=1S/C11H21NO2/c1-8-3-5-11(6-4-8,9(2)12)7-10(13)14/h8-9H,3-7,12H2,1-2H3,(H,13,14). The second-order valence-electron chi connectivity index (χ2n) is 4.90. The molecule has 0 aromatic heterocycles. The number of hydrogen-bond acceptors (Lipinski definition) is 2. The monoisotopic (exact) mass is 199 g/mol. The molecule has 0 spiro atoms. The van der Waals surface area contributed by atoms with Gasteiger partial charge in [-0.25, -0.2) is 0 Å². The van der Waals surface area contributed by atoms with E-state index in [9.17, 15) is 4.79 Å². The van der Waals surface area contributed by atoms with Crippen molar-refractivity contribution < 1.29 is 9.90 Å². The maximum absolute atomic E-state index is 10.8. The van der Waals surface area contributed by atoms with Crippen LogP contribution in [0.1, 0.15) is 46.0 Å². The van der Waals surface area contributed by atoms with Crippen molar-refractivity contribution in [3.05, 3.63) is 0 Å². The van der Waals surface area contributed by atoms with Gasteiger partial charge in [-0.05, 0) is 31.1 Å². The van der Waals surface area contributed by atoms with Crippen LogP contribution in [0, 0.1) is 11.3 Å². The molecule has 82 valence electrons. The van der Waals surface area contributed by atoms with E-state index in [2.05, 4.69) is 6.92 Å². The van der Waals surface area contributed by atoms with Crippen molar-refractivity contribution in [3.63, 3.8) is 0 Å². The fraction of sp³-hybridized carbons (Fsp3) is 0.909. The van der Waals surface area contributed by atoms with Gasteiger partial charge in [-0.2, -0.15) is 0 Å². The summed E-state index contributed by atoms with van der Waals surface area (Å²) < 4.78 is 0. The van der Waals surface area contributed by atoms with Crippen molar-refractivity contribution >= 4 is 5.97 Å². The molecule has 1 atom stereocenters. The quantitative estimate of drug-likeness (QED) is 0.730. The summed E-state index contributed by atoms with van der Waals surface area (Å²) in [7, 11) is 0. The first-order valence-electron chi connectivity index (χ1n) is 5.44. The smallest absolute Gasteiger partial charge is 0.303 e. The minimum Gasteiger partial charge on any atom is -0.481 e. The van der Waals surface area contributed by atoms with Crippen molar-refractivity contribution in [1.29, 1.82) is 0 Å². The molecular weight excluding hydrogens is 178 g/mol. The fourth-order valence-corrected chi connectivity index (χ4v) is 2.43. The predicted molar refractivity (Wildman–Crippen MR) is 56.0 cm³/mol. The molecule has 0 aromatic rings. The Labute approximate surface area is 85.7 Å². The Balaban J connectivity index is 2.68. The predicted octanol–water partition coefficient (Wildman–Crippen LogP) is 2.00. The van der Waals surface area contributed by atoms with E-state index in [0.29, 0.717) is 0 Å². The molecule has 1 unspecified atom stereocenters. The molecule has 1 saturated carbocycles. The summed E-state index contributed by atoms with van der Waals surface area (Å²) in [6.45, 7) is 4.17. The molecular formula is C11H21NO2. The maximum atomic E-state index is 10.8. The molecule has 0 saturated heterocycles. The Hall–Kier alpha value is -0.570. The first-order valence-corrected chi connectivity index (χ1v) is 5.44. The number of aliphatic carboxylic acids is 1. The van der Waals surface area contributed by atoms with Gasteiger partial charge in [0.2, 0.25) is 0 Å². The summed E-state index contributed by atoms with van der Waals surface area (Å²) in [5.41, 5.74) is 5.79. The first-order chi connectivity index (χ1) is 6.46. The van der Waals surface area contributed by atoms with Gasteiger partial charge in [0.1, 0.15) is 0 Å². The van der Waals surface area contributed by atoms with Gasteiger partial charge in [0.15, 0.2) is 0 Å². The van der Waals surface area contributed by atoms with Crippen LogP contribution in [0.25, 0.3) is 0 Å². The van der Waals surface area contributed by atoms with E-state index < -0.39 is 5.97 Å². The van der Waals surface area contributed by atoms with Gasteiger partial charge in [-0.15, -0.1) is 0 Å². The van der Waals surface area contributed by atoms with Crippen LogP contribution in [-0.4, -0.2) is 17.1 Å². The van der Waals surface area contributed by atoms with E-state index >= 15 is 0 Å². The minimum atomic E-state index is -0.711. The van der Waals surface area contributed by atoms with Crippen LogP contribution < -0.4 is 5.73 Å². The molecule has 0 bridgehead atoms. The lowest BCUT2D eigenvalue weighted by Gasteiger charge is -2.41. The number of carboxylic acids is 1. The number of carboxylic acid groups (broad SMARTS) is 1. The third-order valence-corrected chi connectivity index (χ3v) is 3.74. The summed E-state index contributed by atoms with van der Waals surface area (Å²) in [5.74, 6) is 0.0209. The third kappa shape index (κ3) is 2.47. The molecule has 0 radical (unpaired) electrons. The average molecular weight is 199 g/mol. The van der Waals surface area contributed by atoms with Crippen LogP contribution in [0.3, 0.4) is 0 Å². The molecule has 0 aromatic carbocycles. The summed E-state index contributed by atoms with van der Waals surface area (Å²) in [5, 5.41) is 8.89. The molecule has 0 heterocycles. The Morgan fingerprint density at radius 3 is 2.43 bits per heavy atom. The summed E-state index contributed by atoms with van der Waals surface area (Å²) in [6.07, 6.45) is 4.41. The number of carbonyl (C=O) groups is 1. The summed E-state index contributed by atoms with van der Waals surface area (Å²) in [4.78, 5) is 10.8. The van der Waals surface area contributed by atoms with Crippen molar-refractivity contribution in [2.75, 3.05) is 0 Å². The Morgan fingerprint density at radius 2 is 2.07 bits per heavy atom. The van der Waals surface area contributed by atoms with Gasteiger partial charge >= 0.3 is 5.97 Å². The van der Waals surface area contributed by atoms with Gasteiger partial charge in [0.25, 0.3) is 0 Å². The Morgan fingerprint density at radius 1 is 1.57 bits per heavy atom. The van der Waals surface area contributed by atoms with Crippen LogP contribution in [0.15, 0.2) is 0 Å². The van der Waals surface area contributed by atoms with Crippen molar-refractivity contribution in [1.82, 2.24) is 0 Å². The highest BCUT2D eigenvalue weighted by Gasteiger charge is 2.39. The molecule has 1 aliphatic rings. The van der Waals surface area contributed by atoms with Crippen molar-refractivity contribution in [3.8, 4) is 0 Å². The molecule has 14 heavy (non-hydrogen) atoms. The van der Waals surface area contributed by atoms with Gasteiger partial charge in [0, 0.05) is 6.04 Å². The van der Waals surface area contributed by atoms with Gasteiger partial charge in [-0.1, -0.05) is 19.8 Å².